The molecule has 0 aromatic rings. The maximum absolute atomic E-state index is 10.7. The van der Waals surface area contributed by atoms with Crippen LogP contribution in [-0.4, -0.2) is 48.8 Å². The van der Waals surface area contributed by atoms with Crippen LogP contribution in [0.2, 0.25) is 0 Å². The fraction of sp³-hybridized carbons (Fsp3) is 0.909. The lowest BCUT2D eigenvalue weighted by atomic mass is 9.98. The average molecular weight is 215 g/mol. The number of rotatable bonds is 5. The summed E-state index contributed by atoms with van der Waals surface area (Å²) in [6.45, 7) is 6.15. The van der Waals surface area contributed by atoms with Gasteiger partial charge in [-0.15, -0.1) is 0 Å². The number of carbonyl (C=O) groups is 1. The maximum Gasteiger partial charge on any atom is 0.307 e. The van der Waals surface area contributed by atoms with E-state index < -0.39 is 5.97 Å². The lowest BCUT2D eigenvalue weighted by molar-refractivity contribution is -0.141. The molecule has 4 nitrogen and oxygen atoms in total. The summed E-state index contributed by atoms with van der Waals surface area (Å²) in [7, 11) is 1.99. The van der Waals surface area contributed by atoms with E-state index >= 15 is 0 Å². The minimum absolute atomic E-state index is 0.306. The molecule has 1 heterocycles. The Morgan fingerprint density at radius 3 is 2.73 bits per heavy atom. The van der Waals surface area contributed by atoms with Gasteiger partial charge in [0.05, 0.1) is 12.5 Å². The zero-order chi connectivity index (χ0) is 11.4. The summed E-state index contributed by atoms with van der Waals surface area (Å²) < 4.78 is 5.34. The third kappa shape index (κ3) is 3.47. The molecule has 0 aromatic heterocycles. The summed E-state index contributed by atoms with van der Waals surface area (Å²) in [5.74, 6) is -0.479. The Kier molecular flexibility index (Phi) is 4.54. The van der Waals surface area contributed by atoms with E-state index in [1.807, 2.05) is 7.05 Å². The third-order valence-electron chi connectivity index (χ3n) is 3.33. The van der Waals surface area contributed by atoms with E-state index in [0.29, 0.717) is 18.5 Å². The van der Waals surface area contributed by atoms with E-state index in [1.54, 1.807) is 6.92 Å². The van der Waals surface area contributed by atoms with Crippen LogP contribution in [0.4, 0.5) is 0 Å². The largest absolute Gasteiger partial charge is 0.481 e. The topological polar surface area (TPSA) is 49.8 Å². The predicted molar refractivity (Wildman–Crippen MR) is 57.8 cm³/mol. The smallest absolute Gasteiger partial charge is 0.307 e. The standard InChI is InChI=1S/C11H21NO3/c1-8(11(13)14)6-12(3)9(2)10-4-5-15-7-10/h8-10H,4-7H2,1-3H3,(H,13,14). The van der Waals surface area contributed by atoms with Gasteiger partial charge in [0.2, 0.25) is 0 Å². The van der Waals surface area contributed by atoms with E-state index in [9.17, 15) is 4.79 Å². The van der Waals surface area contributed by atoms with E-state index in [1.165, 1.54) is 0 Å². The molecule has 1 rings (SSSR count). The summed E-state index contributed by atoms with van der Waals surface area (Å²) in [6.07, 6.45) is 1.09. The first-order valence-electron chi connectivity index (χ1n) is 5.53. The normalized spacial score (nSPS) is 25.5. The molecule has 0 amide bonds. The highest BCUT2D eigenvalue weighted by atomic mass is 16.5. The first-order chi connectivity index (χ1) is 7.02. The second-order valence-corrected chi connectivity index (χ2v) is 4.54. The zero-order valence-corrected chi connectivity index (χ0v) is 9.77. The van der Waals surface area contributed by atoms with Crippen molar-refractivity contribution in [2.45, 2.75) is 26.3 Å². The molecule has 0 saturated carbocycles. The molecule has 1 aliphatic heterocycles. The Bertz CT molecular complexity index is 214. The van der Waals surface area contributed by atoms with Gasteiger partial charge in [0.25, 0.3) is 0 Å². The van der Waals surface area contributed by atoms with Crippen molar-refractivity contribution in [1.82, 2.24) is 4.90 Å². The van der Waals surface area contributed by atoms with Gasteiger partial charge in [0.15, 0.2) is 0 Å². The highest BCUT2D eigenvalue weighted by molar-refractivity contribution is 5.69. The van der Waals surface area contributed by atoms with Gasteiger partial charge < -0.3 is 14.7 Å². The molecule has 0 radical (unpaired) electrons. The monoisotopic (exact) mass is 215 g/mol. The van der Waals surface area contributed by atoms with Crippen LogP contribution in [0.25, 0.3) is 0 Å². The molecule has 4 heteroatoms. The molecule has 3 unspecified atom stereocenters. The van der Waals surface area contributed by atoms with Crippen molar-refractivity contribution < 1.29 is 14.6 Å². The summed E-state index contributed by atoms with van der Waals surface area (Å²) in [4.78, 5) is 12.9. The van der Waals surface area contributed by atoms with Crippen molar-refractivity contribution >= 4 is 5.97 Å². The molecular formula is C11H21NO3. The number of hydrogen-bond acceptors (Lipinski definition) is 3. The van der Waals surface area contributed by atoms with Crippen molar-refractivity contribution in [2.24, 2.45) is 11.8 Å². The number of aliphatic carboxylic acids is 1. The van der Waals surface area contributed by atoms with Gasteiger partial charge >= 0.3 is 5.97 Å². The molecule has 1 aliphatic rings. The Balaban J connectivity index is 2.38. The molecular weight excluding hydrogens is 194 g/mol. The first-order valence-corrected chi connectivity index (χ1v) is 5.53. The summed E-state index contributed by atoms with van der Waals surface area (Å²) >= 11 is 0. The van der Waals surface area contributed by atoms with Crippen molar-refractivity contribution in [1.29, 1.82) is 0 Å². The summed E-state index contributed by atoms with van der Waals surface area (Å²) in [6, 6.07) is 0.397. The van der Waals surface area contributed by atoms with E-state index in [2.05, 4.69) is 11.8 Å². The second kappa shape index (κ2) is 5.47. The number of ether oxygens (including phenoxy) is 1. The fourth-order valence-electron chi connectivity index (χ4n) is 1.97. The van der Waals surface area contributed by atoms with Gasteiger partial charge in [0.1, 0.15) is 0 Å². The van der Waals surface area contributed by atoms with Gasteiger partial charge in [0, 0.05) is 19.2 Å². The number of carboxylic acids is 1. The average Bonchev–Trinajstić information content (AvgIpc) is 2.68. The lowest BCUT2D eigenvalue weighted by Gasteiger charge is -2.29. The molecule has 1 saturated heterocycles. The number of hydrogen-bond donors (Lipinski definition) is 1. The molecule has 3 atom stereocenters. The molecule has 88 valence electrons. The van der Waals surface area contributed by atoms with Crippen LogP contribution >= 0.6 is 0 Å². The van der Waals surface area contributed by atoms with Crippen molar-refractivity contribution in [3.05, 3.63) is 0 Å². The Labute approximate surface area is 91.2 Å². The molecule has 0 bridgehead atoms. The van der Waals surface area contributed by atoms with E-state index in [4.69, 9.17) is 9.84 Å². The van der Waals surface area contributed by atoms with Crippen molar-refractivity contribution in [2.75, 3.05) is 26.8 Å². The minimum atomic E-state index is -0.725. The summed E-state index contributed by atoms with van der Waals surface area (Å²) in [5, 5.41) is 8.83. The van der Waals surface area contributed by atoms with Crippen LogP contribution in [0, 0.1) is 11.8 Å². The molecule has 0 aliphatic carbocycles. The summed E-state index contributed by atoms with van der Waals surface area (Å²) in [5.41, 5.74) is 0. The number of carboxylic acid groups (broad SMARTS) is 1. The molecule has 0 spiro atoms. The van der Waals surface area contributed by atoms with Gasteiger partial charge in [-0.25, -0.2) is 0 Å². The second-order valence-electron chi connectivity index (χ2n) is 4.54. The highest BCUT2D eigenvalue weighted by Crippen LogP contribution is 2.20. The fourth-order valence-corrected chi connectivity index (χ4v) is 1.97. The van der Waals surface area contributed by atoms with Crippen LogP contribution in [0.5, 0.6) is 0 Å². The molecule has 0 aromatic carbocycles. The van der Waals surface area contributed by atoms with Gasteiger partial charge in [-0.3, -0.25) is 4.79 Å². The van der Waals surface area contributed by atoms with Crippen molar-refractivity contribution in [3.8, 4) is 0 Å². The lowest BCUT2D eigenvalue weighted by Crippen LogP contribution is -2.39. The third-order valence-corrected chi connectivity index (χ3v) is 3.33. The molecule has 1 N–H and O–H groups in total. The highest BCUT2D eigenvalue weighted by Gasteiger charge is 2.26. The van der Waals surface area contributed by atoms with Crippen LogP contribution in [-0.2, 0) is 9.53 Å². The van der Waals surface area contributed by atoms with Gasteiger partial charge in [-0.05, 0) is 26.3 Å². The van der Waals surface area contributed by atoms with E-state index in [0.717, 1.165) is 19.6 Å². The number of nitrogens with zero attached hydrogens (tertiary/aromatic N) is 1. The van der Waals surface area contributed by atoms with Crippen LogP contribution in [0.1, 0.15) is 20.3 Å². The quantitative estimate of drug-likeness (QED) is 0.745. The minimum Gasteiger partial charge on any atom is -0.481 e. The van der Waals surface area contributed by atoms with Gasteiger partial charge in [-0.1, -0.05) is 6.92 Å². The maximum atomic E-state index is 10.7. The van der Waals surface area contributed by atoms with Gasteiger partial charge in [-0.2, -0.15) is 0 Å². The van der Waals surface area contributed by atoms with Crippen LogP contribution in [0.15, 0.2) is 0 Å². The van der Waals surface area contributed by atoms with Crippen LogP contribution < -0.4 is 0 Å². The predicted octanol–water partition coefficient (Wildman–Crippen LogP) is 1.06. The molecule has 1 fully saturated rings. The zero-order valence-electron chi connectivity index (χ0n) is 9.77. The SMILES string of the molecule is CC(CN(C)C(C)C1CCOC1)C(=O)O. The molecule has 15 heavy (non-hydrogen) atoms. The first kappa shape index (κ1) is 12.5. The Hall–Kier alpha value is -0.610. The van der Waals surface area contributed by atoms with E-state index in [-0.39, 0.29) is 5.92 Å². The van der Waals surface area contributed by atoms with Crippen LogP contribution in [0.3, 0.4) is 0 Å². The Morgan fingerprint density at radius 1 is 1.60 bits per heavy atom. The van der Waals surface area contributed by atoms with Crippen molar-refractivity contribution in [3.63, 3.8) is 0 Å². The Morgan fingerprint density at radius 2 is 2.27 bits per heavy atom.